The molecule has 0 saturated carbocycles. The summed E-state index contributed by atoms with van der Waals surface area (Å²) in [6, 6.07) is 29.9. The average molecular weight is 586 g/mol. The fourth-order valence-electron chi connectivity index (χ4n) is 3.75. The number of halogens is 1. The van der Waals surface area contributed by atoms with Crippen molar-refractivity contribution in [2.75, 3.05) is 17.7 Å². The van der Waals surface area contributed by atoms with Gasteiger partial charge in [0.25, 0.3) is 11.8 Å². The second-order valence-corrected chi connectivity index (χ2v) is 10.7. The SMILES string of the molecule is COc1cccc(NC(=O)C(C)Sc2cccc(NC(=O)/C(=C/c3cccc(Cl)c3)NC(=O)c3ccccc3)c2)c1. The minimum Gasteiger partial charge on any atom is -0.497 e. The predicted molar refractivity (Wildman–Crippen MR) is 165 cm³/mol. The summed E-state index contributed by atoms with van der Waals surface area (Å²) >= 11 is 7.47. The molecule has 4 rings (SSSR count). The minimum atomic E-state index is -0.514. The zero-order chi connectivity index (χ0) is 29.2. The third-order valence-corrected chi connectivity index (χ3v) is 7.13. The molecular formula is C32H28ClN3O4S. The van der Waals surface area contributed by atoms with Crippen molar-refractivity contribution in [2.45, 2.75) is 17.1 Å². The first-order valence-electron chi connectivity index (χ1n) is 12.7. The van der Waals surface area contributed by atoms with Crippen LogP contribution in [0.4, 0.5) is 11.4 Å². The molecule has 4 aromatic rings. The van der Waals surface area contributed by atoms with Gasteiger partial charge in [-0.3, -0.25) is 14.4 Å². The molecule has 0 spiro atoms. The highest BCUT2D eigenvalue weighted by atomic mass is 35.5. The standard InChI is InChI=1S/C32H28ClN3O4S/c1-21(30(37)34-25-13-7-15-27(19-25)40-2)41-28-16-8-14-26(20-28)35-32(39)29(18-22-9-6-12-24(33)17-22)36-31(38)23-10-4-3-5-11-23/h3-21H,1-2H3,(H,34,37)(H,35,39)(H,36,38)/b29-18-. The Balaban J connectivity index is 1.47. The van der Waals surface area contributed by atoms with Crippen molar-refractivity contribution in [1.82, 2.24) is 5.32 Å². The zero-order valence-electron chi connectivity index (χ0n) is 22.4. The molecular weight excluding hydrogens is 558 g/mol. The summed E-state index contributed by atoms with van der Waals surface area (Å²) in [5.41, 5.74) is 2.25. The Morgan fingerprint density at radius 3 is 2.27 bits per heavy atom. The smallest absolute Gasteiger partial charge is 0.272 e. The van der Waals surface area contributed by atoms with Gasteiger partial charge in [-0.2, -0.15) is 0 Å². The van der Waals surface area contributed by atoms with E-state index in [4.69, 9.17) is 16.3 Å². The number of nitrogens with one attached hydrogen (secondary N) is 3. The number of methoxy groups -OCH3 is 1. The largest absolute Gasteiger partial charge is 0.497 e. The topological polar surface area (TPSA) is 96.5 Å². The number of ether oxygens (including phenoxy) is 1. The van der Waals surface area contributed by atoms with Crippen molar-refractivity contribution < 1.29 is 19.1 Å². The lowest BCUT2D eigenvalue weighted by Gasteiger charge is -2.14. The molecule has 0 saturated heterocycles. The van der Waals surface area contributed by atoms with Crippen LogP contribution in [-0.4, -0.2) is 30.1 Å². The van der Waals surface area contributed by atoms with Gasteiger partial charge in [-0.15, -0.1) is 11.8 Å². The molecule has 0 heterocycles. The third-order valence-electron chi connectivity index (χ3n) is 5.80. The van der Waals surface area contributed by atoms with E-state index in [0.717, 1.165) is 4.90 Å². The molecule has 41 heavy (non-hydrogen) atoms. The molecule has 7 nitrogen and oxygen atoms in total. The van der Waals surface area contributed by atoms with Crippen LogP contribution < -0.4 is 20.7 Å². The van der Waals surface area contributed by atoms with E-state index in [0.29, 0.717) is 33.3 Å². The fourth-order valence-corrected chi connectivity index (χ4v) is 4.88. The van der Waals surface area contributed by atoms with Gasteiger partial charge in [-0.25, -0.2) is 0 Å². The molecule has 0 aliphatic heterocycles. The predicted octanol–water partition coefficient (Wildman–Crippen LogP) is 6.88. The quantitative estimate of drug-likeness (QED) is 0.139. The number of rotatable bonds is 10. The van der Waals surface area contributed by atoms with Crippen molar-refractivity contribution in [2.24, 2.45) is 0 Å². The number of hydrogen-bond donors (Lipinski definition) is 3. The number of anilines is 2. The van der Waals surface area contributed by atoms with E-state index in [-0.39, 0.29) is 11.6 Å². The first-order chi connectivity index (χ1) is 19.8. The van der Waals surface area contributed by atoms with Gasteiger partial charge in [0.2, 0.25) is 5.91 Å². The van der Waals surface area contributed by atoms with Crippen molar-refractivity contribution in [3.8, 4) is 5.75 Å². The summed E-state index contributed by atoms with van der Waals surface area (Å²) in [6.45, 7) is 1.80. The Morgan fingerprint density at radius 1 is 0.829 bits per heavy atom. The van der Waals surface area contributed by atoms with E-state index >= 15 is 0 Å². The highest BCUT2D eigenvalue weighted by Gasteiger charge is 2.17. The Morgan fingerprint density at radius 2 is 1.54 bits per heavy atom. The summed E-state index contributed by atoms with van der Waals surface area (Å²) < 4.78 is 5.21. The van der Waals surface area contributed by atoms with Gasteiger partial charge < -0.3 is 20.7 Å². The zero-order valence-corrected chi connectivity index (χ0v) is 24.0. The molecule has 1 unspecified atom stereocenters. The van der Waals surface area contributed by atoms with Crippen LogP contribution in [0.15, 0.2) is 114 Å². The lowest BCUT2D eigenvalue weighted by atomic mass is 10.1. The maximum atomic E-state index is 13.4. The normalized spacial score (nSPS) is 11.7. The Bertz CT molecular complexity index is 1580. The lowest BCUT2D eigenvalue weighted by Crippen LogP contribution is -2.30. The maximum Gasteiger partial charge on any atom is 0.272 e. The van der Waals surface area contributed by atoms with Crippen molar-refractivity contribution in [3.63, 3.8) is 0 Å². The van der Waals surface area contributed by atoms with Gasteiger partial charge in [0.15, 0.2) is 0 Å². The Hall–Kier alpha value is -4.53. The number of amides is 3. The Kier molecular flexibility index (Phi) is 10.2. The highest BCUT2D eigenvalue weighted by Crippen LogP contribution is 2.27. The van der Waals surface area contributed by atoms with Gasteiger partial charge in [0, 0.05) is 32.9 Å². The van der Waals surface area contributed by atoms with Crippen LogP contribution in [0.3, 0.4) is 0 Å². The highest BCUT2D eigenvalue weighted by molar-refractivity contribution is 8.00. The van der Waals surface area contributed by atoms with E-state index in [1.165, 1.54) is 11.8 Å². The van der Waals surface area contributed by atoms with Crippen molar-refractivity contribution >= 4 is 58.5 Å². The molecule has 208 valence electrons. The summed E-state index contributed by atoms with van der Waals surface area (Å²) in [4.78, 5) is 39.8. The van der Waals surface area contributed by atoms with Crippen LogP contribution in [0.5, 0.6) is 5.75 Å². The van der Waals surface area contributed by atoms with Crippen LogP contribution in [-0.2, 0) is 9.59 Å². The lowest BCUT2D eigenvalue weighted by molar-refractivity contribution is -0.115. The van der Waals surface area contributed by atoms with Crippen molar-refractivity contribution in [1.29, 1.82) is 0 Å². The van der Waals surface area contributed by atoms with Gasteiger partial charge >= 0.3 is 0 Å². The number of hydrogen-bond acceptors (Lipinski definition) is 5. The average Bonchev–Trinajstić information content (AvgIpc) is 2.97. The van der Waals surface area contributed by atoms with Crippen LogP contribution in [0, 0.1) is 0 Å². The van der Waals surface area contributed by atoms with Gasteiger partial charge in [0.05, 0.1) is 12.4 Å². The first-order valence-corrected chi connectivity index (χ1v) is 13.9. The molecule has 0 radical (unpaired) electrons. The van der Waals surface area contributed by atoms with E-state index in [9.17, 15) is 14.4 Å². The molecule has 0 aliphatic rings. The third kappa shape index (κ3) is 8.73. The minimum absolute atomic E-state index is 0.0465. The number of benzene rings is 4. The van der Waals surface area contributed by atoms with Crippen LogP contribution in [0.25, 0.3) is 6.08 Å². The number of thioether (sulfide) groups is 1. The summed E-state index contributed by atoms with van der Waals surface area (Å²) in [5, 5.41) is 8.53. The van der Waals surface area contributed by atoms with E-state index in [1.54, 1.807) is 117 Å². The molecule has 0 aliphatic carbocycles. The molecule has 4 aromatic carbocycles. The van der Waals surface area contributed by atoms with E-state index < -0.39 is 17.1 Å². The Labute approximate surface area is 248 Å². The summed E-state index contributed by atoms with van der Waals surface area (Å²) in [6.07, 6.45) is 1.56. The van der Waals surface area contributed by atoms with Crippen LogP contribution >= 0.6 is 23.4 Å². The van der Waals surface area contributed by atoms with Gasteiger partial charge in [-0.05, 0) is 73.2 Å². The molecule has 9 heteroatoms. The molecule has 3 amide bonds. The van der Waals surface area contributed by atoms with Crippen molar-refractivity contribution in [3.05, 3.63) is 125 Å². The molecule has 3 N–H and O–H groups in total. The second-order valence-electron chi connectivity index (χ2n) is 8.90. The maximum absolute atomic E-state index is 13.4. The number of carbonyl (C=O) groups is 3. The van der Waals surface area contributed by atoms with Crippen LogP contribution in [0.2, 0.25) is 5.02 Å². The van der Waals surface area contributed by atoms with Gasteiger partial charge in [0.1, 0.15) is 11.4 Å². The fraction of sp³-hybridized carbons (Fsp3) is 0.0938. The van der Waals surface area contributed by atoms with E-state index in [1.807, 2.05) is 6.07 Å². The first kappa shape index (κ1) is 29.5. The monoisotopic (exact) mass is 585 g/mol. The van der Waals surface area contributed by atoms with E-state index in [2.05, 4.69) is 16.0 Å². The molecule has 0 bridgehead atoms. The molecule has 1 atom stereocenters. The molecule has 0 fully saturated rings. The van der Waals surface area contributed by atoms with Gasteiger partial charge in [-0.1, -0.05) is 54.1 Å². The summed E-state index contributed by atoms with van der Waals surface area (Å²) in [5.74, 6) is -0.460. The summed E-state index contributed by atoms with van der Waals surface area (Å²) in [7, 11) is 1.57. The second kappa shape index (κ2) is 14.2. The molecule has 0 aromatic heterocycles. The van der Waals surface area contributed by atoms with Crippen LogP contribution in [0.1, 0.15) is 22.8 Å². The number of carbonyl (C=O) groups excluding carboxylic acids is 3.